The Labute approximate surface area is 156 Å². The number of urea groups is 1. The molecule has 1 heterocycles. The van der Waals surface area contributed by atoms with Gasteiger partial charge in [-0.15, -0.1) is 12.4 Å². The van der Waals surface area contributed by atoms with Gasteiger partial charge in [-0.25, -0.2) is 4.79 Å². The summed E-state index contributed by atoms with van der Waals surface area (Å²) in [6.07, 6.45) is 2.29. The van der Waals surface area contributed by atoms with E-state index in [-0.39, 0.29) is 36.2 Å². The summed E-state index contributed by atoms with van der Waals surface area (Å²) in [6.45, 7) is 10.1. The van der Waals surface area contributed by atoms with E-state index in [9.17, 15) is 14.4 Å². The SMILES string of the molecule is CCNCCNC(=O)CN1C(=O)NC2(CC(C)CC(C)(C)C2)C1=O.Cl. The monoisotopic (exact) mass is 374 g/mol. The molecule has 2 fully saturated rings. The molecule has 1 saturated carbocycles. The molecule has 3 N–H and O–H groups in total. The third-order valence-electron chi connectivity index (χ3n) is 4.80. The van der Waals surface area contributed by atoms with Crippen LogP contribution in [0.25, 0.3) is 0 Å². The van der Waals surface area contributed by atoms with Crippen LogP contribution in [0.5, 0.6) is 0 Å². The summed E-state index contributed by atoms with van der Waals surface area (Å²) >= 11 is 0. The van der Waals surface area contributed by atoms with Crippen molar-refractivity contribution in [1.29, 1.82) is 0 Å². The molecule has 1 saturated heterocycles. The lowest BCUT2D eigenvalue weighted by atomic mass is 9.64. The normalized spacial score (nSPS) is 27.8. The highest BCUT2D eigenvalue weighted by Crippen LogP contribution is 2.46. The number of amides is 4. The zero-order valence-corrected chi connectivity index (χ0v) is 16.4. The minimum absolute atomic E-state index is 0. The molecule has 25 heavy (non-hydrogen) atoms. The maximum atomic E-state index is 12.9. The van der Waals surface area contributed by atoms with E-state index in [1.807, 2.05) is 6.92 Å². The summed E-state index contributed by atoms with van der Waals surface area (Å²) in [6, 6.07) is -0.452. The second-order valence-corrected chi connectivity index (χ2v) is 7.96. The fraction of sp³-hybridized carbons (Fsp3) is 0.824. The molecule has 0 radical (unpaired) electrons. The summed E-state index contributed by atoms with van der Waals surface area (Å²) in [5.41, 5.74) is -0.854. The van der Waals surface area contributed by atoms with Gasteiger partial charge in [0.2, 0.25) is 5.91 Å². The van der Waals surface area contributed by atoms with Gasteiger partial charge in [-0.3, -0.25) is 14.5 Å². The number of nitrogens with one attached hydrogen (secondary N) is 3. The maximum absolute atomic E-state index is 12.9. The van der Waals surface area contributed by atoms with Crippen molar-refractivity contribution in [3.05, 3.63) is 0 Å². The van der Waals surface area contributed by atoms with E-state index in [1.54, 1.807) is 0 Å². The molecule has 0 aromatic rings. The van der Waals surface area contributed by atoms with E-state index >= 15 is 0 Å². The van der Waals surface area contributed by atoms with Gasteiger partial charge in [0, 0.05) is 13.1 Å². The maximum Gasteiger partial charge on any atom is 0.325 e. The Balaban J connectivity index is 0.00000312. The summed E-state index contributed by atoms with van der Waals surface area (Å²) in [5, 5.41) is 8.71. The molecule has 2 unspecified atom stereocenters. The smallest absolute Gasteiger partial charge is 0.325 e. The van der Waals surface area contributed by atoms with Gasteiger partial charge in [0.1, 0.15) is 12.1 Å². The Morgan fingerprint density at radius 1 is 1.28 bits per heavy atom. The molecule has 2 aliphatic rings. The summed E-state index contributed by atoms with van der Waals surface area (Å²) in [7, 11) is 0. The number of imide groups is 1. The van der Waals surface area contributed by atoms with Crippen LogP contribution >= 0.6 is 12.4 Å². The standard InChI is InChI=1S/C17H30N4O3.ClH/c1-5-18-6-7-19-13(22)10-21-14(23)17(20-15(21)24)9-12(2)8-16(3,4)11-17;/h12,18H,5-11H2,1-4H3,(H,19,22)(H,20,24);1H. The molecule has 4 amide bonds. The minimum atomic E-state index is -0.845. The molecule has 0 aromatic heterocycles. The first-order chi connectivity index (χ1) is 11.2. The van der Waals surface area contributed by atoms with Crippen molar-refractivity contribution in [1.82, 2.24) is 20.9 Å². The van der Waals surface area contributed by atoms with Crippen LogP contribution in [0.2, 0.25) is 0 Å². The van der Waals surface area contributed by atoms with E-state index in [0.717, 1.165) is 17.9 Å². The molecule has 1 spiro atoms. The number of nitrogens with zero attached hydrogens (tertiary/aromatic N) is 1. The number of carbonyl (C=O) groups excluding carboxylic acids is 3. The predicted molar refractivity (Wildman–Crippen MR) is 98.6 cm³/mol. The minimum Gasteiger partial charge on any atom is -0.353 e. The number of hydrogen-bond acceptors (Lipinski definition) is 4. The van der Waals surface area contributed by atoms with Gasteiger partial charge in [-0.2, -0.15) is 0 Å². The van der Waals surface area contributed by atoms with Crippen molar-refractivity contribution in [2.24, 2.45) is 11.3 Å². The van der Waals surface area contributed by atoms with Crippen LogP contribution in [0.15, 0.2) is 0 Å². The fourth-order valence-electron chi connectivity index (χ4n) is 4.32. The van der Waals surface area contributed by atoms with E-state index in [1.165, 1.54) is 0 Å². The Bertz CT molecular complexity index is 526. The third kappa shape index (κ3) is 5.07. The van der Waals surface area contributed by atoms with E-state index < -0.39 is 11.6 Å². The van der Waals surface area contributed by atoms with Crippen molar-refractivity contribution in [2.75, 3.05) is 26.2 Å². The largest absolute Gasteiger partial charge is 0.353 e. The summed E-state index contributed by atoms with van der Waals surface area (Å²) in [4.78, 5) is 38.2. The van der Waals surface area contributed by atoms with E-state index in [2.05, 4.69) is 36.7 Å². The number of likely N-dealkylation sites (N-methyl/N-ethyl adjacent to an activating group) is 1. The highest BCUT2D eigenvalue weighted by Gasteiger charge is 2.56. The van der Waals surface area contributed by atoms with Gasteiger partial charge in [-0.05, 0) is 37.1 Å². The van der Waals surface area contributed by atoms with Gasteiger partial charge < -0.3 is 16.0 Å². The second kappa shape index (κ2) is 8.36. The number of halogens is 1. The van der Waals surface area contributed by atoms with Crippen LogP contribution in [-0.2, 0) is 9.59 Å². The fourth-order valence-corrected chi connectivity index (χ4v) is 4.32. The van der Waals surface area contributed by atoms with Crippen molar-refractivity contribution >= 4 is 30.3 Å². The van der Waals surface area contributed by atoms with Crippen LogP contribution in [-0.4, -0.2) is 54.5 Å². The Morgan fingerprint density at radius 3 is 2.56 bits per heavy atom. The highest BCUT2D eigenvalue weighted by molar-refractivity contribution is 6.09. The van der Waals surface area contributed by atoms with E-state index in [4.69, 9.17) is 0 Å². The molecule has 2 atom stereocenters. The molecule has 7 nitrogen and oxygen atoms in total. The number of hydrogen-bond donors (Lipinski definition) is 3. The molecular formula is C17H31ClN4O3. The molecule has 144 valence electrons. The topological polar surface area (TPSA) is 90.5 Å². The van der Waals surface area contributed by atoms with Gasteiger partial charge in [0.25, 0.3) is 5.91 Å². The van der Waals surface area contributed by atoms with Crippen LogP contribution in [0.4, 0.5) is 4.79 Å². The Hall–Kier alpha value is -1.34. The lowest BCUT2D eigenvalue weighted by Crippen LogP contribution is -2.54. The van der Waals surface area contributed by atoms with Crippen LogP contribution in [0.3, 0.4) is 0 Å². The third-order valence-corrected chi connectivity index (χ3v) is 4.80. The Morgan fingerprint density at radius 2 is 1.96 bits per heavy atom. The van der Waals surface area contributed by atoms with Gasteiger partial charge >= 0.3 is 6.03 Å². The average Bonchev–Trinajstić information content (AvgIpc) is 2.65. The first-order valence-electron chi connectivity index (χ1n) is 8.81. The molecule has 2 rings (SSSR count). The zero-order chi connectivity index (χ0) is 18.0. The highest BCUT2D eigenvalue weighted by atomic mass is 35.5. The number of carbonyl (C=O) groups is 3. The first kappa shape index (κ1) is 21.7. The van der Waals surface area contributed by atoms with E-state index in [0.29, 0.717) is 31.8 Å². The first-order valence-corrected chi connectivity index (χ1v) is 8.81. The molecular weight excluding hydrogens is 344 g/mol. The average molecular weight is 375 g/mol. The quantitative estimate of drug-likeness (QED) is 0.482. The molecule has 0 bridgehead atoms. The molecule has 8 heteroatoms. The van der Waals surface area contributed by atoms with Gasteiger partial charge in [0.15, 0.2) is 0 Å². The van der Waals surface area contributed by atoms with Crippen LogP contribution in [0, 0.1) is 11.3 Å². The van der Waals surface area contributed by atoms with Crippen molar-refractivity contribution in [3.63, 3.8) is 0 Å². The van der Waals surface area contributed by atoms with Crippen molar-refractivity contribution in [3.8, 4) is 0 Å². The molecule has 1 aliphatic heterocycles. The second-order valence-electron chi connectivity index (χ2n) is 7.96. The van der Waals surface area contributed by atoms with Gasteiger partial charge in [0.05, 0.1) is 0 Å². The van der Waals surface area contributed by atoms with Crippen molar-refractivity contribution < 1.29 is 14.4 Å². The zero-order valence-electron chi connectivity index (χ0n) is 15.6. The number of rotatable bonds is 6. The van der Waals surface area contributed by atoms with Crippen LogP contribution in [0.1, 0.15) is 47.0 Å². The Kier molecular flexibility index (Phi) is 7.26. The lowest BCUT2D eigenvalue weighted by molar-refractivity contribution is -0.137. The van der Waals surface area contributed by atoms with Crippen LogP contribution < -0.4 is 16.0 Å². The van der Waals surface area contributed by atoms with Crippen molar-refractivity contribution in [2.45, 2.75) is 52.5 Å². The summed E-state index contributed by atoms with van der Waals surface area (Å²) in [5.74, 6) is -0.211. The van der Waals surface area contributed by atoms with Gasteiger partial charge in [-0.1, -0.05) is 27.7 Å². The molecule has 1 aliphatic carbocycles. The molecule has 0 aromatic carbocycles. The predicted octanol–water partition coefficient (Wildman–Crippen LogP) is 1.27. The summed E-state index contributed by atoms with van der Waals surface area (Å²) < 4.78 is 0. The lowest BCUT2D eigenvalue weighted by Gasteiger charge is -2.43.